The summed E-state index contributed by atoms with van der Waals surface area (Å²) in [6, 6.07) is 0. The van der Waals surface area contributed by atoms with Crippen molar-refractivity contribution in [2.24, 2.45) is 11.8 Å². The first-order valence-corrected chi connectivity index (χ1v) is 10.5. The Balaban J connectivity index is 2.18. The van der Waals surface area contributed by atoms with E-state index in [4.69, 9.17) is 4.74 Å². The van der Waals surface area contributed by atoms with Gasteiger partial charge in [-0.2, -0.15) is 0 Å². The van der Waals surface area contributed by atoms with Crippen LogP contribution in [0.25, 0.3) is 0 Å². The fourth-order valence-corrected chi connectivity index (χ4v) is 5.88. The lowest BCUT2D eigenvalue weighted by Gasteiger charge is -2.48. The van der Waals surface area contributed by atoms with Gasteiger partial charge in [0, 0.05) is 35.0 Å². The van der Waals surface area contributed by atoms with Gasteiger partial charge in [-0.05, 0) is 74.1 Å². The zero-order valence-corrected chi connectivity index (χ0v) is 18.9. The van der Waals surface area contributed by atoms with E-state index < -0.39 is 11.9 Å². The maximum atomic E-state index is 13.2. The number of hydrogen-bond acceptors (Lipinski definition) is 5. The molecule has 0 radical (unpaired) electrons. The lowest BCUT2D eigenvalue weighted by atomic mass is 9.70. The molecule has 0 bridgehead atoms. The van der Waals surface area contributed by atoms with Crippen LogP contribution in [0.1, 0.15) is 87.5 Å². The van der Waals surface area contributed by atoms with Gasteiger partial charge in [-0.15, -0.1) is 0 Å². The molecule has 2 rings (SSSR count). The molecular formula is C22H40N2O4. The van der Waals surface area contributed by atoms with Crippen LogP contribution in [-0.2, 0) is 14.3 Å². The Morgan fingerprint density at radius 2 is 1.25 bits per heavy atom. The van der Waals surface area contributed by atoms with Gasteiger partial charge in [-0.1, -0.05) is 0 Å². The third-order valence-electron chi connectivity index (χ3n) is 5.92. The summed E-state index contributed by atoms with van der Waals surface area (Å²) in [5, 5.41) is 16.7. The molecule has 0 saturated carbocycles. The van der Waals surface area contributed by atoms with Crippen LogP contribution in [0.2, 0.25) is 0 Å². The topological polar surface area (TPSA) is 87.7 Å². The molecule has 6 nitrogen and oxygen atoms in total. The predicted molar refractivity (Wildman–Crippen MR) is 110 cm³/mol. The number of rotatable bonds is 5. The summed E-state index contributed by atoms with van der Waals surface area (Å²) in [6.07, 6.45) is 2.60. The van der Waals surface area contributed by atoms with Crippen molar-refractivity contribution in [2.45, 2.75) is 116 Å². The van der Waals surface area contributed by atoms with E-state index in [-0.39, 0.29) is 46.6 Å². The zero-order chi connectivity index (χ0) is 21.5. The maximum absolute atomic E-state index is 13.2. The first-order valence-electron chi connectivity index (χ1n) is 10.5. The molecular weight excluding hydrogens is 356 g/mol. The minimum absolute atomic E-state index is 0.0161. The molecule has 2 aliphatic rings. The van der Waals surface area contributed by atoms with Gasteiger partial charge < -0.3 is 20.5 Å². The first-order chi connectivity index (χ1) is 12.5. The molecule has 1 unspecified atom stereocenters. The summed E-state index contributed by atoms with van der Waals surface area (Å²) in [5.41, 5.74) is -0.564. The molecule has 28 heavy (non-hydrogen) atoms. The third-order valence-corrected chi connectivity index (χ3v) is 5.92. The average molecular weight is 397 g/mol. The molecule has 162 valence electrons. The number of carbonyl (C=O) groups is 2. The van der Waals surface area contributed by atoms with E-state index in [0.717, 1.165) is 25.7 Å². The van der Waals surface area contributed by atoms with Crippen molar-refractivity contribution in [1.82, 2.24) is 10.6 Å². The number of nitrogens with one attached hydrogen (secondary N) is 2. The van der Waals surface area contributed by atoms with Gasteiger partial charge in [0.25, 0.3) is 0 Å². The second-order valence-electron chi connectivity index (χ2n) is 11.6. The lowest BCUT2D eigenvalue weighted by Crippen LogP contribution is -2.60. The Labute approximate surface area is 170 Å². The van der Waals surface area contributed by atoms with Crippen LogP contribution in [0, 0.1) is 11.8 Å². The summed E-state index contributed by atoms with van der Waals surface area (Å²) >= 11 is 0. The van der Waals surface area contributed by atoms with Gasteiger partial charge in [-0.3, -0.25) is 9.59 Å². The number of aliphatic carboxylic acids is 1. The predicted octanol–water partition coefficient (Wildman–Crippen LogP) is 3.49. The number of carboxylic acid groups (broad SMARTS) is 1. The van der Waals surface area contributed by atoms with Crippen molar-refractivity contribution in [3.63, 3.8) is 0 Å². The summed E-state index contributed by atoms with van der Waals surface area (Å²) in [7, 11) is 0. The highest BCUT2D eigenvalue weighted by Gasteiger charge is 2.45. The average Bonchev–Trinajstić information content (AvgIpc) is 2.36. The summed E-state index contributed by atoms with van der Waals surface area (Å²) in [5.74, 6) is -1.92. The van der Waals surface area contributed by atoms with E-state index in [0.29, 0.717) is 0 Å². The highest BCUT2D eigenvalue weighted by Crippen LogP contribution is 2.39. The van der Waals surface area contributed by atoms with Crippen LogP contribution < -0.4 is 10.6 Å². The fourth-order valence-electron chi connectivity index (χ4n) is 5.88. The van der Waals surface area contributed by atoms with E-state index in [1.165, 1.54) is 0 Å². The van der Waals surface area contributed by atoms with Crippen LogP contribution in [-0.4, -0.2) is 45.3 Å². The van der Waals surface area contributed by atoms with Crippen molar-refractivity contribution in [3.05, 3.63) is 0 Å². The van der Waals surface area contributed by atoms with E-state index in [9.17, 15) is 14.7 Å². The van der Waals surface area contributed by atoms with Crippen LogP contribution >= 0.6 is 0 Å². The monoisotopic (exact) mass is 396 g/mol. The maximum Gasteiger partial charge on any atom is 0.310 e. The van der Waals surface area contributed by atoms with Gasteiger partial charge >= 0.3 is 11.9 Å². The smallest absolute Gasteiger partial charge is 0.310 e. The molecule has 6 heteroatoms. The van der Waals surface area contributed by atoms with E-state index in [1.54, 1.807) is 0 Å². The molecule has 1 atom stereocenters. The van der Waals surface area contributed by atoms with Crippen LogP contribution in [0.15, 0.2) is 0 Å². The zero-order valence-electron chi connectivity index (χ0n) is 18.9. The summed E-state index contributed by atoms with van der Waals surface area (Å²) < 4.78 is 5.95. The van der Waals surface area contributed by atoms with Crippen molar-refractivity contribution >= 4 is 11.9 Å². The summed E-state index contributed by atoms with van der Waals surface area (Å²) in [6.45, 7) is 16.9. The second-order valence-corrected chi connectivity index (χ2v) is 11.6. The molecule has 0 aromatic rings. The van der Waals surface area contributed by atoms with Gasteiger partial charge in [0.05, 0.1) is 12.3 Å². The molecule has 2 fully saturated rings. The lowest BCUT2D eigenvalue weighted by molar-refractivity contribution is -0.164. The SMILES string of the molecule is CC1(C)CC(OC(=O)C(CC(=O)O)C2CC(C)(C)NC(C)(C)C2)CC(C)(C)N1. The number of carbonyl (C=O) groups excluding carboxylic acids is 1. The molecule has 0 aromatic heterocycles. The van der Waals surface area contributed by atoms with Crippen LogP contribution in [0.3, 0.4) is 0 Å². The molecule has 0 spiro atoms. The number of hydrogen-bond donors (Lipinski definition) is 3. The molecule has 0 aliphatic carbocycles. The van der Waals surface area contributed by atoms with Crippen molar-refractivity contribution in [2.75, 3.05) is 0 Å². The van der Waals surface area contributed by atoms with Gasteiger partial charge in [0.1, 0.15) is 6.10 Å². The molecule has 0 aromatic carbocycles. The largest absolute Gasteiger partial charge is 0.481 e. The number of piperidine rings is 2. The Bertz CT molecular complexity index is 578. The first kappa shape index (κ1) is 23.1. The minimum atomic E-state index is -0.943. The Hall–Kier alpha value is -1.14. The van der Waals surface area contributed by atoms with Crippen molar-refractivity contribution < 1.29 is 19.4 Å². The van der Waals surface area contributed by atoms with Gasteiger partial charge in [0.15, 0.2) is 0 Å². The Morgan fingerprint density at radius 1 is 0.857 bits per heavy atom. The fraction of sp³-hybridized carbons (Fsp3) is 0.909. The van der Waals surface area contributed by atoms with Crippen LogP contribution in [0.4, 0.5) is 0 Å². The van der Waals surface area contributed by atoms with Crippen molar-refractivity contribution in [1.29, 1.82) is 0 Å². The highest BCUT2D eigenvalue weighted by molar-refractivity contribution is 5.79. The normalized spacial score (nSPS) is 27.7. The number of esters is 1. The molecule has 2 saturated heterocycles. The Morgan fingerprint density at radius 3 is 1.64 bits per heavy atom. The molecule has 3 N–H and O–H groups in total. The standard InChI is InChI=1S/C22H40N2O4/c1-19(2)10-14(11-20(3,4)23-19)16(9-17(25)26)18(27)28-15-12-21(5,6)24-22(7,8)13-15/h14-16,23-24H,9-13H2,1-8H3,(H,25,26). The minimum Gasteiger partial charge on any atom is -0.481 e. The third kappa shape index (κ3) is 6.45. The van der Waals surface area contributed by atoms with Crippen molar-refractivity contribution in [3.8, 4) is 0 Å². The number of ether oxygens (including phenoxy) is 1. The highest BCUT2D eigenvalue weighted by atomic mass is 16.5. The van der Waals surface area contributed by atoms with Crippen LogP contribution in [0.5, 0.6) is 0 Å². The molecule has 2 heterocycles. The second kappa shape index (κ2) is 7.60. The van der Waals surface area contributed by atoms with Gasteiger partial charge in [-0.25, -0.2) is 0 Å². The molecule has 0 amide bonds. The van der Waals surface area contributed by atoms with E-state index >= 15 is 0 Å². The van der Waals surface area contributed by atoms with E-state index in [2.05, 4.69) is 66.0 Å². The Kier molecular flexibility index (Phi) is 6.28. The van der Waals surface area contributed by atoms with E-state index in [1.807, 2.05) is 0 Å². The quantitative estimate of drug-likeness (QED) is 0.617. The van der Waals surface area contributed by atoms with Gasteiger partial charge in [0.2, 0.25) is 0 Å². The molecule has 2 aliphatic heterocycles. The summed E-state index contributed by atoms with van der Waals surface area (Å²) in [4.78, 5) is 24.7. The number of carboxylic acids is 1.